The molecular weight excluding hydrogens is 464 g/mol. The smallest absolute Gasteiger partial charge is 0.239 e. The zero-order valence-corrected chi connectivity index (χ0v) is 19.1. The van der Waals surface area contributed by atoms with Crippen molar-refractivity contribution in [1.29, 1.82) is 0 Å². The molecule has 8 heteroatoms. The Morgan fingerprint density at radius 2 is 1.87 bits per heavy atom. The molecule has 1 unspecified atom stereocenters. The number of fused-ring (bicyclic) bond motifs is 1. The number of rotatable bonds is 4. The maximum absolute atomic E-state index is 12.8. The molecule has 1 spiro atoms. The van der Waals surface area contributed by atoms with Gasteiger partial charge in [-0.3, -0.25) is 14.7 Å². The zero-order chi connectivity index (χ0) is 20.6. The normalized spacial score (nSPS) is 24.4. The number of piperidine rings is 1. The molecule has 0 bridgehead atoms. The van der Waals surface area contributed by atoms with Gasteiger partial charge in [-0.1, -0.05) is 15.9 Å². The lowest BCUT2D eigenvalue weighted by atomic mass is 9.91. The van der Waals surface area contributed by atoms with Crippen molar-refractivity contribution in [2.75, 3.05) is 32.7 Å². The molecule has 1 amide bonds. The SMILES string of the molecule is O=C1CN(Sc2ccc(Br)cc2)CC2OC3(CCN(Cc4ccncc4)CC3)CN12. The van der Waals surface area contributed by atoms with Crippen LogP contribution in [0.5, 0.6) is 0 Å². The monoisotopic (exact) mass is 488 g/mol. The Bertz CT molecular complexity index is 890. The van der Waals surface area contributed by atoms with E-state index in [9.17, 15) is 4.79 Å². The first-order valence-corrected chi connectivity index (χ1v) is 11.9. The number of halogens is 1. The van der Waals surface area contributed by atoms with Crippen molar-refractivity contribution in [2.24, 2.45) is 0 Å². The van der Waals surface area contributed by atoms with Gasteiger partial charge in [0.25, 0.3) is 0 Å². The minimum absolute atomic E-state index is 0.138. The van der Waals surface area contributed by atoms with Gasteiger partial charge in [-0.15, -0.1) is 0 Å². The average molecular weight is 489 g/mol. The number of carbonyl (C=O) groups is 1. The quantitative estimate of drug-likeness (QED) is 0.614. The van der Waals surface area contributed by atoms with Crippen molar-refractivity contribution in [3.8, 4) is 0 Å². The number of nitrogens with zero attached hydrogens (tertiary/aromatic N) is 4. The molecule has 3 fully saturated rings. The van der Waals surface area contributed by atoms with E-state index in [2.05, 4.69) is 54.4 Å². The lowest BCUT2D eigenvalue weighted by Crippen LogP contribution is -2.52. The van der Waals surface area contributed by atoms with Crippen LogP contribution in [0.4, 0.5) is 0 Å². The second kappa shape index (κ2) is 8.59. The zero-order valence-electron chi connectivity index (χ0n) is 16.7. The van der Waals surface area contributed by atoms with Crippen molar-refractivity contribution in [1.82, 2.24) is 19.1 Å². The molecule has 0 N–H and O–H groups in total. The highest BCUT2D eigenvalue weighted by Crippen LogP contribution is 2.39. The lowest BCUT2D eigenvalue weighted by molar-refractivity contribution is -0.145. The molecule has 5 rings (SSSR count). The Hall–Kier alpha value is -1.45. The molecule has 158 valence electrons. The Labute approximate surface area is 189 Å². The van der Waals surface area contributed by atoms with E-state index in [1.165, 1.54) is 5.56 Å². The van der Waals surface area contributed by atoms with E-state index < -0.39 is 0 Å². The van der Waals surface area contributed by atoms with Gasteiger partial charge in [-0.2, -0.15) is 0 Å². The van der Waals surface area contributed by atoms with Crippen LogP contribution >= 0.6 is 27.9 Å². The maximum atomic E-state index is 12.8. The summed E-state index contributed by atoms with van der Waals surface area (Å²) in [6.07, 6.45) is 5.50. The number of ether oxygens (including phenoxy) is 1. The molecule has 0 saturated carbocycles. The molecule has 0 aliphatic carbocycles. The predicted octanol–water partition coefficient (Wildman–Crippen LogP) is 3.39. The van der Waals surface area contributed by atoms with Gasteiger partial charge in [0.1, 0.15) is 6.23 Å². The fourth-order valence-corrected chi connectivity index (χ4v) is 5.72. The number of amides is 1. The average Bonchev–Trinajstić information content (AvgIpc) is 3.11. The van der Waals surface area contributed by atoms with Gasteiger partial charge in [0.2, 0.25) is 5.91 Å². The fraction of sp³-hybridized carbons (Fsp3) is 0.455. The summed E-state index contributed by atoms with van der Waals surface area (Å²) in [5.74, 6) is 0.173. The number of piperazine rings is 1. The molecule has 2 aromatic rings. The van der Waals surface area contributed by atoms with Crippen LogP contribution < -0.4 is 0 Å². The Morgan fingerprint density at radius 3 is 2.60 bits per heavy atom. The Kier molecular flexibility index (Phi) is 5.86. The Balaban J connectivity index is 1.18. The number of hydrogen-bond acceptors (Lipinski definition) is 6. The second-order valence-electron chi connectivity index (χ2n) is 8.28. The van der Waals surface area contributed by atoms with E-state index >= 15 is 0 Å². The van der Waals surface area contributed by atoms with Gasteiger partial charge < -0.3 is 9.64 Å². The van der Waals surface area contributed by atoms with Gasteiger partial charge in [-0.05, 0) is 66.8 Å². The number of aromatic nitrogens is 1. The van der Waals surface area contributed by atoms with E-state index in [0.717, 1.165) is 54.9 Å². The molecule has 1 aromatic heterocycles. The molecule has 30 heavy (non-hydrogen) atoms. The summed E-state index contributed by atoms with van der Waals surface area (Å²) in [5, 5.41) is 0. The largest absolute Gasteiger partial charge is 0.348 e. The summed E-state index contributed by atoms with van der Waals surface area (Å²) in [6, 6.07) is 12.4. The highest BCUT2D eigenvalue weighted by atomic mass is 79.9. The van der Waals surface area contributed by atoms with Crippen molar-refractivity contribution >= 4 is 33.8 Å². The molecule has 3 aliphatic rings. The maximum Gasteiger partial charge on any atom is 0.239 e. The van der Waals surface area contributed by atoms with Crippen LogP contribution in [0, 0.1) is 0 Å². The first-order chi connectivity index (χ1) is 14.6. The minimum atomic E-state index is -0.187. The first-order valence-electron chi connectivity index (χ1n) is 10.4. The topological polar surface area (TPSA) is 48.9 Å². The molecule has 1 atom stereocenters. The summed E-state index contributed by atoms with van der Waals surface area (Å²) in [6.45, 7) is 4.85. The van der Waals surface area contributed by atoms with Gasteiger partial charge >= 0.3 is 0 Å². The van der Waals surface area contributed by atoms with Gasteiger partial charge in [0.15, 0.2) is 0 Å². The van der Waals surface area contributed by atoms with Gasteiger partial charge in [-0.25, -0.2) is 4.31 Å². The van der Waals surface area contributed by atoms with E-state index in [0.29, 0.717) is 6.54 Å². The predicted molar refractivity (Wildman–Crippen MR) is 120 cm³/mol. The van der Waals surface area contributed by atoms with E-state index in [1.54, 1.807) is 11.9 Å². The highest BCUT2D eigenvalue weighted by molar-refractivity contribution is 9.10. The van der Waals surface area contributed by atoms with E-state index in [-0.39, 0.29) is 17.7 Å². The van der Waals surface area contributed by atoms with Crippen LogP contribution in [0.25, 0.3) is 0 Å². The third-order valence-electron chi connectivity index (χ3n) is 6.15. The van der Waals surface area contributed by atoms with Crippen LogP contribution in [-0.2, 0) is 16.1 Å². The molecule has 3 aliphatic heterocycles. The van der Waals surface area contributed by atoms with Crippen LogP contribution in [-0.4, -0.2) is 69.5 Å². The first kappa shape index (κ1) is 20.5. The molecule has 1 aromatic carbocycles. The lowest BCUT2D eigenvalue weighted by Gasteiger charge is -2.38. The van der Waals surface area contributed by atoms with Crippen LogP contribution in [0.3, 0.4) is 0 Å². The Morgan fingerprint density at radius 1 is 1.13 bits per heavy atom. The van der Waals surface area contributed by atoms with Crippen molar-refractivity contribution < 1.29 is 9.53 Å². The molecule has 3 saturated heterocycles. The van der Waals surface area contributed by atoms with Gasteiger partial charge in [0, 0.05) is 41.4 Å². The van der Waals surface area contributed by atoms with Crippen molar-refractivity contribution in [2.45, 2.75) is 36.1 Å². The number of likely N-dealkylation sites (tertiary alicyclic amines) is 1. The standard InChI is InChI=1S/C22H25BrN4O2S/c23-18-1-3-19(4-2-18)30-26-14-20(28)27-16-22(29-21(27)15-26)7-11-25(12-8-22)13-17-5-9-24-10-6-17/h1-6,9-10,21H,7-8,11-16H2. The van der Waals surface area contributed by atoms with Crippen LogP contribution in [0.15, 0.2) is 58.2 Å². The molecule has 6 nitrogen and oxygen atoms in total. The summed E-state index contributed by atoms with van der Waals surface area (Å²) in [7, 11) is 0. The minimum Gasteiger partial charge on any atom is -0.348 e. The summed E-state index contributed by atoms with van der Waals surface area (Å²) < 4.78 is 9.74. The number of hydrogen-bond donors (Lipinski definition) is 0. The molecular formula is C22H25BrN4O2S. The highest BCUT2D eigenvalue weighted by Gasteiger charge is 2.50. The summed E-state index contributed by atoms with van der Waals surface area (Å²) in [4.78, 5) is 22.5. The molecule has 4 heterocycles. The van der Waals surface area contributed by atoms with E-state index in [4.69, 9.17) is 4.74 Å². The van der Waals surface area contributed by atoms with Crippen molar-refractivity contribution in [3.63, 3.8) is 0 Å². The molecule has 0 radical (unpaired) electrons. The number of benzene rings is 1. The third-order valence-corrected chi connectivity index (χ3v) is 7.70. The summed E-state index contributed by atoms with van der Waals surface area (Å²) in [5.41, 5.74) is 1.11. The number of pyridine rings is 1. The van der Waals surface area contributed by atoms with Crippen molar-refractivity contribution in [3.05, 3.63) is 58.8 Å². The third kappa shape index (κ3) is 4.43. The van der Waals surface area contributed by atoms with E-state index in [1.807, 2.05) is 29.4 Å². The van der Waals surface area contributed by atoms with Crippen LogP contribution in [0.2, 0.25) is 0 Å². The summed E-state index contributed by atoms with van der Waals surface area (Å²) >= 11 is 5.10. The number of carbonyl (C=O) groups excluding carboxylic acids is 1. The van der Waals surface area contributed by atoms with Gasteiger partial charge in [0.05, 0.1) is 25.2 Å². The van der Waals surface area contributed by atoms with Crippen LogP contribution in [0.1, 0.15) is 18.4 Å². The fourth-order valence-electron chi connectivity index (χ4n) is 4.52. The second-order valence-corrected chi connectivity index (χ2v) is 10.4.